The number of carbonyl (C=O) groups excluding carboxylic acids is 2. The van der Waals surface area contributed by atoms with Crippen molar-refractivity contribution in [1.29, 1.82) is 0 Å². The van der Waals surface area contributed by atoms with Crippen molar-refractivity contribution in [2.24, 2.45) is 0 Å². The number of aliphatic hydroxyl groups excluding tert-OH is 1. The molecule has 1 aromatic heterocycles. The number of ketones is 1. The predicted octanol–water partition coefficient (Wildman–Crippen LogP) is 8.65. The lowest BCUT2D eigenvalue weighted by molar-refractivity contribution is -0.132. The van der Waals surface area contributed by atoms with Gasteiger partial charge in [-0.3, -0.25) is 14.5 Å². The van der Waals surface area contributed by atoms with Crippen molar-refractivity contribution >= 4 is 68.9 Å². The number of carbonyl (C=O) groups is 2. The van der Waals surface area contributed by atoms with E-state index < -0.39 is 17.7 Å². The van der Waals surface area contributed by atoms with Gasteiger partial charge in [-0.05, 0) is 47.9 Å². The average Bonchev–Trinajstić information content (AvgIpc) is 3.62. The van der Waals surface area contributed by atoms with Gasteiger partial charge in [0, 0.05) is 21.4 Å². The van der Waals surface area contributed by atoms with Gasteiger partial charge >= 0.3 is 5.91 Å². The van der Waals surface area contributed by atoms with E-state index in [9.17, 15) is 14.7 Å². The topological polar surface area (TPSA) is 92.6 Å². The van der Waals surface area contributed by atoms with Gasteiger partial charge in [0.2, 0.25) is 5.13 Å². The van der Waals surface area contributed by atoms with E-state index in [0.717, 1.165) is 16.7 Å². The van der Waals surface area contributed by atoms with E-state index in [-0.39, 0.29) is 16.5 Å². The fourth-order valence-electron chi connectivity index (χ4n) is 4.84. The first-order valence-electron chi connectivity index (χ1n) is 13.8. The maximum Gasteiger partial charge on any atom is 0.301 e. The molecule has 0 saturated carbocycles. The van der Waals surface area contributed by atoms with E-state index in [0.29, 0.717) is 43.6 Å². The highest BCUT2D eigenvalue weighted by Gasteiger charge is 2.48. The molecule has 0 aliphatic carbocycles. The van der Waals surface area contributed by atoms with Crippen LogP contribution in [0.4, 0.5) is 5.13 Å². The van der Waals surface area contributed by atoms with Crippen LogP contribution in [0.3, 0.4) is 0 Å². The number of hydrogen-bond donors (Lipinski definition) is 1. The smallest absolute Gasteiger partial charge is 0.301 e. The fraction of sp³-hybridized carbons (Fsp3) is 0.118. The summed E-state index contributed by atoms with van der Waals surface area (Å²) in [5.41, 5.74) is 3.90. The third-order valence-corrected chi connectivity index (χ3v) is 9.87. The molecule has 1 unspecified atom stereocenters. The van der Waals surface area contributed by atoms with Gasteiger partial charge in [-0.15, -0.1) is 10.2 Å². The second-order valence-corrected chi connectivity index (χ2v) is 13.3. The van der Waals surface area contributed by atoms with Crippen LogP contribution in [-0.4, -0.2) is 27.0 Å². The number of rotatable bonds is 9. The van der Waals surface area contributed by atoms with Crippen molar-refractivity contribution in [3.8, 4) is 5.75 Å². The van der Waals surface area contributed by atoms with Crippen LogP contribution in [0.1, 0.15) is 33.9 Å². The van der Waals surface area contributed by atoms with E-state index >= 15 is 0 Å². The van der Waals surface area contributed by atoms with Gasteiger partial charge in [-0.2, -0.15) is 0 Å². The average molecular weight is 675 g/mol. The summed E-state index contributed by atoms with van der Waals surface area (Å²) in [6.07, 6.45) is 0. The van der Waals surface area contributed by atoms with Gasteiger partial charge in [0.25, 0.3) is 5.78 Å². The van der Waals surface area contributed by atoms with Crippen LogP contribution in [0.25, 0.3) is 5.76 Å². The molecule has 5 aromatic rings. The number of aromatic nitrogens is 2. The number of Topliss-reactive ketones (excluding diaryl/α,β-unsaturated/α-hetero) is 1. The molecule has 4 aromatic carbocycles. The van der Waals surface area contributed by atoms with Crippen molar-refractivity contribution in [3.05, 3.63) is 140 Å². The third kappa shape index (κ3) is 6.77. The lowest BCUT2D eigenvalue weighted by Gasteiger charge is -2.22. The van der Waals surface area contributed by atoms with E-state index in [1.54, 1.807) is 48.5 Å². The molecule has 226 valence electrons. The molecule has 1 fully saturated rings. The van der Waals surface area contributed by atoms with Crippen LogP contribution in [0.2, 0.25) is 10.0 Å². The Kier molecular flexibility index (Phi) is 9.23. The van der Waals surface area contributed by atoms with Gasteiger partial charge in [-0.25, -0.2) is 0 Å². The van der Waals surface area contributed by atoms with Gasteiger partial charge in [0.1, 0.15) is 18.1 Å². The van der Waals surface area contributed by atoms with Crippen LogP contribution in [0.5, 0.6) is 5.75 Å². The van der Waals surface area contributed by atoms with Crippen LogP contribution in [0.15, 0.2) is 107 Å². The summed E-state index contributed by atoms with van der Waals surface area (Å²) in [6.45, 7) is 2.31. The molecule has 0 spiro atoms. The number of amides is 1. The Morgan fingerprint density at radius 1 is 0.956 bits per heavy atom. The fourth-order valence-corrected chi connectivity index (χ4v) is 7.26. The molecular formula is C34H25Cl2N3O4S2. The first-order valence-corrected chi connectivity index (χ1v) is 16.4. The number of aryl methyl sites for hydroxylation is 1. The van der Waals surface area contributed by atoms with E-state index in [4.69, 9.17) is 27.9 Å². The second-order valence-electron chi connectivity index (χ2n) is 10.3. The van der Waals surface area contributed by atoms with E-state index in [1.807, 2.05) is 55.5 Å². The van der Waals surface area contributed by atoms with Crippen molar-refractivity contribution < 1.29 is 19.4 Å². The Bertz CT molecular complexity index is 1900. The molecule has 1 aliphatic heterocycles. The Morgan fingerprint density at radius 3 is 2.40 bits per heavy atom. The Hall–Kier alpha value is -4.15. The van der Waals surface area contributed by atoms with Crippen LogP contribution < -0.4 is 9.64 Å². The Balaban J connectivity index is 1.33. The SMILES string of the molecule is Cc1ccc(/C(O)=C2/C(=O)C(=O)N(c3nnc(SCc4ccc(Cl)cc4Cl)s3)C2c2ccc(OCc3ccccc3)cc2)cc1. The quantitative estimate of drug-likeness (QED) is 0.0550. The van der Waals surface area contributed by atoms with Crippen molar-refractivity contribution in [1.82, 2.24) is 10.2 Å². The summed E-state index contributed by atoms with van der Waals surface area (Å²) in [4.78, 5) is 28.4. The summed E-state index contributed by atoms with van der Waals surface area (Å²) < 4.78 is 6.53. The van der Waals surface area contributed by atoms with Gasteiger partial charge in [-0.1, -0.05) is 125 Å². The minimum absolute atomic E-state index is 0.0286. The number of hydrogen-bond acceptors (Lipinski definition) is 8. The molecular weight excluding hydrogens is 649 g/mol. The summed E-state index contributed by atoms with van der Waals surface area (Å²) in [6, 6.07) is 28.4. The summed E-state index contributed by atoms with van der Waals surface area (Å²) >= 11 is 14.9. The van der Waals surface area contributed by atoms with Crippen LogP contribution in [-0.2, 0) is 21.9 Å². The van der Waals surface area contributed by atoms with Crippen molar-refractivity contribution in [2.75, 3.05) is 4.90 Å². The highest BCUT2D eigenvalue weighted by Crippen LogP contribution is 2.44. The molecule has 7 nitrogen and oxygen atoms in total. The van der Waals surface area contributed by atoms with Gasteiger partial charge in [0.15, 0.2) is 4.34 Å². The number of aliphatic hydroxyl groups is 1. The highest BCUT2D eigenvalue weighted by atomic mass is 35.5. The van der Waals surface area contributed by atoms with E-state index in [2.05, 4.69) is 10.2 Å². The molecule has 1 saturated heterocycles. The molecule has 1 amide bonds. The molecule has 6 rings (SSSR count). The molecule has 45 heavy (non-hydrogen) atoms. The highest BCUT2D eigenvalue weighted by molar-refractivity contribution is 8.00. The molecule has 1 N–H and O–H groups in total. The number of thioether (sulfide) groups is 1. The largest absolute Gasteiger partial charge is 0.507 e. The molecule has 2 heterocycles. The third-order valence-electron chi connectivity index (χ3n) is 7.18. The standard InChI is InChI=1S/C34H25Cl2N3O4S2/c1-20-7-9-23(10-8-20)30(40)28-29(22-12-15-26(16-13-22)43-18-21-5-3-2-4-6-21)39(32(42)31(28)41)33-37-38-34(45-33)44-19-24-11-14-25(35)17-27(24)36/h2-17,29,40H,18-19H2,1H3/b30-28-. The minimum atomic E-state index is -0.939. The number of nitrogens with zero attached hydrogens (tertiary/aromatic N) is 3. The van der Waals surface area contributed by atoms with Gasteiger partial charge < -0.3 is 9.84 Å². The zero-order valence-electron chi connectivity index (χ0n) is 23.8. The number of benzene rings is 4. The Morgan fingerprint density at radius 2 is 1.69 bits per heavy atom. The molecule has 0 bridgehead atoms. The zero-order valence-corrected chi connectivity index (χ0v) is 27.0. The lowest BCUT2D eigenvalue weighted by atomic mass is 9.95. The number of anilines is 1. The lowest BCUT2D eigenvalue weighted by Crippen LogP contribution is -2.29. The van der Waals surface area contributed by atoms with Crippen molar-refractivity contribution in [3.63, 3.8) is 0 Å². The maximum atomic E-state index is 13.6. The molecule has 1 atom stereocenters. The first-order chi connectivity index (χ1) is 21.8. The van der Waals surface area contributed by atoms with Crippen LogP contribution in [0, 0.1) is 6.92 Å². The predicted molar refractivity (Wildman–Crippen MR) is 179 cm³/mol. The summed E-state index contributed by atoms with van der Waals surface area (Å²) in [5, 5.41) is 21.3. The maximum absolute atomic E-state index is 13.6. The van der Waals surface area contributed by atoms with Crippen LogP contribution >= 0.6 is 46.3 Å². The monoisotopic (exact) mass is 673 g/mol. The zero-order chi connectivity index (χ0) is 31.5. The minimum Gasteiger partial charge on any atom is -0.507 e. The second kappa shape index (κ2) is 13.5. The normalized spacial score (nSPS) is 15.9. The summed E-state index contributed by atoms with van der Waals surface area (Å²) in [5.74, 6) is -0.744. The number of ether oxygens (including phenoxy) is 1. The molecule has 0 radical (unpaired) electrons. The molecule has 11 heteroatoms. The Labute approximate surface area is 278 Å². The van der Waals surface area contributed by atoms with Crippen molar-refractivity contribution in [2.45, 2.75) is 29.7 Å². The molecule has 1 aliphatic rings. The number of halogens is 2. The van der Waals surface area contributed by atoms with E-state index in [1.165, 1.54) is 28.0 Å². The first kappa shape index (κ1) is 30.9. The summed E-state index contributed by atoms with van der Waals surface area (Å²) in [7, 11) is 0. The van der Waals surface area contributed by atoms with Gasteiger partial charge in [0.05, 0.1) is 11.6 Å².